The number of thiol groups is 1. The molecule has 0 bridgehead atoms. The van der Waals surface area contributed by atoms with Gasteiger partial charge in [-0.05, 0) is 68.0 Å². The molecule has 1 unspecified atom stereocenters. The molecule has 4 heterocycles. The van der Waals surface area contributed by atoms with Gasteiger partial charge in [0.15, 0.2) is 0 Å². The molecule has 11 heteroatoms. The Bertz CT molecular complexity index is 1590. The van der Waals surface area contributed by atoms with Gasteiger partial charge in [0.05, 0.1) is 0 Å². The number of aliphatic carboxylic acids is 2. The Kier molecular flexibility index (Phi) is 9.98. The molecule has 2 saturated heterocycles. The van der Waals surface area contributed by atoms with E-state index in [0.29, 0.717) is 24.8 Å². The van der Waals surface area contributed by atoms with Gasteiger partial charge >= 0.3 is 11.9 Å². The fraction of sp³-hybridized carbons (Fsp3) is 0.455. The third-order valence-electron chi connectivity index (χ3n) is 9.01. The van der Waals surface area contributed by atoms with E-state index in [4.69, 9.17) is 0 Å². The van der Waals surface area contributed by atoms with Gasteiger partial charge in [-0.25, -0.2) is 0 Å². The first-order chi connectivity index (χ1) is 20.7. The van der Waals surface area contributed by atoms with E-state index in [2.05, 4.69) is 33.2 Å². The van der Waals surface area contributed by atoms with Crippen molar-refractivity contribution in [3.05, 3.63) is 68.1 Å². The van der Waals surface area contributed by atoms with Gasteiger partial charge in [0, 0.05) is 82.0 Å². The fourth-order valence-corrected chi connectivity index (χ4v) is 6.88. The summed E-state index contributed by atoms with van der Waals surface area (Å²) in [6.45, 7) is 11.5. The van der Waals surface area contributed by atoms with Gasteiger partial charge < -0.3 is 30.8 Å². The second kappa shape index (κ2) is 13.3. The zero-order chi connectivity index (χ0) is 32.5. The van der Waals surface area contributed by atoms with E-state index in [-0.39, 0.29) is 47.7 Å². The predicted octanol–water partition coefficient (Wildman–Crippen LogP) is 4.68. The molecule has 2 aromatic heterocycles. The minimum Gasteiger partial charge on any atom is -0.481 e. The normalized spacial score (nSPS) is 23.5. The Hall–Kier alpha value is -3.99. The molecular weight excluding hydrogens is 580 g/mol. The average Bonchev–Trinajstić information content (AvgIpc) is 3.59. The third kappa shape index (κ3) is 6.72. The van der Waals surface area contributed by atoms with Gasteiger partial charge in [-0.2, -0.15) is 12.6 Å². The Morgan fingerprint density at radius 1 is 0.886 bits per heavy atom. The maximum absolute atomic E-state index is 12.5. The largest absolute Gasteiger partial charge is 0.481 e. The monoisotopic (exact) mass is 622 g/mol. The number of allylic oxidation sites excluding steroid dienone is 3. The van der Waals surface area contributed by atoms with E-state index in [1.807, 2.05) is 59.8 Å². The lowest BCUT2D eigenvalue weighted by atomic mass is 9.91. The molecule has 6 N–H and O–H groups in total. The van der Waals surface area contributed by atoms with Crippen molar-refractivity contribution >= 4 is 48.5 Å². The van der Waals surface area contributed by atoms with Crippen LogP contribution in [0.4, 0.5) is 0 Å². The number of amides is 2. The lowest BCUT2D eigenvalue weighted by Crippen LogP contribution is -2.19. The molecule has 2 fully saturated rings. The van der Waals surface area contributed by atoms with Gasteiger partial charge in [-0.15, -0.1) is 0 Å². The summed E-state index contributed by atoms with van der Waals surface area (Å²) in [7, 11) is 0. The second-order valence-electron chi connectivity index (χ2n) is 11.9. The number of aromatic nitrogens is 2. The van der Waals surface area contributed by atoms with Crippen molar-refractivity contribution < 1.29 is 29.4 Å². The number of carbonyl (C=O) groups is 4. The van der Waals surface area contributed by atoms with Crippen molar-refractivity contribution in [2.75, 3.05) is 0 Å². The van der Waals surface area contributed by atoms with Crippen LogP contribution in [0.5, 0.6) is 0 Å². The predicted molar refractivity (Wildman–Crippen MR) is 172 cm³/mol. The fourth-order valence-electron chi connectivity index (χ4n) is 6.46. The van der Waals surface area contributed by atoms with Gasteiger partial charge in [-0.3, -0.25) is 19.2 Å². The molecule has 0 radical (unpaired) electrons. The van der Waals surface area contributed by atoms with Crippen LogP contribution in [0.1, 0.15) is 85.6 Å². The summed E-state index contributed by atoms with van der Waals surface area (Å²) in [4.78, 5) is 55.0. The minimum absolute atomic E-state index is 0.0499. The Morgan fingerprint density at radius 2 is 1.39 bits per heavy atom. The number of carboxylic acid groups (broad SMARTS) is 2. The Morgan fingerprint density at radius 3 is 1.82 bits per heavy atom. The van der Waals surface area contributed by atoms with Gasteiger partial charge in [-0.1, -0.05) is 26.8 Å². The molecule has 0 aromatic carbocycles. The highest BCUT2D eigenvalue weighted by molar-refractivity contribution is 7.80. The van der Waals surface area contributed by atoms with E-state index in [9.17, 15) is 29.4 Å². The Labute approximate surface area is 262 Å². The molecule has 4 atom stereocenters. The van der Waals surface area contributed by atoms with Crippen LogP contribution >= 0.6 is 12.6 Å². The molecule has 44 heavy (non-hydrogen) atoms. The third-order valence-corrected chi connectivity index (χ3v) is 9.33. The number of aromatic amines is 2. The van der Waals surface area contributed by atoms with Crippen LogP contribution < -0.4 is 10.6 Å². The first-order valence-corrected chi connectivity index (χ1v) is 15.5. The van der Waals surface area contributed by atoms with Crippen molar-refractivity contribution in [1.82, 2.24) is 20.6 Å². The van der Waals surface area contributed by atoms with Gasteiger partial charge in [0.1, 0.15) is 0 Å². The number of nitrogens with one attached hydrogen (secondary N) is 4. The number of carboxylic acids is 2. The summed E-state index contributed by atoms with van der Waals surface area (Å²) in [5, 5.41) is 24.8. The van der Waals surface area contributed by atoms with Crippen molar-refractivity contribution in [3.63, 3.8) is 0 Å². The van der Waals surface area contributed by atoms with Crippen LogP contribution in [-0.2, 0) is 38.4 Å². The van der Waals surface area contributed by atoms with Crippen molar-refractivity contribution in [2.45, 2.75) is 78.9 Å². The molecule has 0 aliphatic carbocycles. The molecule has 236 valence electrons. The summed E-state index contributed by atoms with van der Waals surface area (Å²) in [5.74, 6) is -2.42. The molecule has 2 aliphatic rings. The lowest BCUT2D eigenvalue weighted by Gasteiger charge is -2.17. The highest BCUT2D eigenvalue weighted by Gasteiger charge is 2.38. The molecule has 0 saturated carbocycles. The summed E-state index contributed by atoms with van der Waals surface area (Å²) < 4.78 is 0. The van der Waals surface area contributed by atoms with Crippen LogP contribution in [0.25, 0.3) is 12.2 Å². The molecule has 10 nitrogen and oxygen atoms in total. The first-order valence-electron chi connectivity index (χ1n) is 15.0. The number of hydrogen-bond donors (Lipinski definition) is 7. The highest BCUT2D eigenvalue weighted by Crippen LogP contribution is 2.35. The number of H-pyrrole nitrogens is 2. The standard InChI is InChI=1S/C33H42N4O6S/c1-7-20-15(2)25(36-33(20)43)12-23-16(3)21(8-10-29(38)39)26(34-23)14-27-22(9-11-30(40)41)17(4)24(35-27)13-28-31(19(6)44)18(5)32(42)37-28/h7,12-13,15,18-19,31,34-35,44H,8-11,14H2,1-6H3,(H,36,43)(H,37,42)(H,38,39)(H,40,41)/b20-7-,25-12-,28-13-/t15?,18-,19-,31+/m1/s1. The van der Waals surface area contributed by atoms with Crippen molar-refractivity contribution in [3.8, 4) is 0 Å². The minimum atomic E-state index is -0.905. The highest BCUT2D eigenvalue weighted by atomic mass is 32.1. The van der Waals surface area contributed by atoms with E-state index in [0.717, 1.165) is 56.4 Å². The molecular formula is C33H42N4O6S. The van der Waals surface area contributed by atoms with E-state index in [1.165, 1.54) is 0 Å². The molecule has 2 aliphatic heterocycles. The smallest absolute Gasteiger partial charge is 0.303 e. The topological polar surface area (TPSA) is 164 Å². The van der Waals surface area contributed by atoms with Crippen molar-refractivity contribution in [1.29, 1.82) is 0 Å². The van der Waals surface area contributed by atoms with E-state index < -0.39 is 11.9 Å². The summed E-state index contributed by atoms with van der Waals surface area (Å²) in [6, 6.07) is 0. The number of carbonyl (C=O) groups excluding carboxylic acids is 2. The molecule has 4 rings (SSSR count). The average molecular weight is 623 g/mol. The maximum atomic E-state index is 12.5. The summed E-state index contributed by atoms with van der Waals surface area (Å²) in [5.41, 5.74) is 8.97. The SMILES string of the molecule is C/C=C1\C(=O)N/C(=C\c2[nH]c(Cc3[nH]c(/C=C4\NC(=O)[C@H](C)[C@H]4[C@@H](C)S)c(C)c3CCC(=O)O)c(CCC(=O)O)c2C)C1C. The van der Waals surface area contributed by atoms with Gasteiger partial charge in [0.25, 0.3) is 5.91 Å². The van der Waals surface area contributed by atoms with Crippen LogP contribution in [0.15, 0.2) is 23.0 Å². The van der Waals surface area contributed by atoms with Gasteiger partial charge in [0.2, 0.25) is 5.91 Å². The zero-order valence-electron chi connectivity index (χ0n) is 26.1. The molecule has 2 aromatic rings. The van der Waals surface area contributed by atoms with Crippen LogP contribution in [-0.4, -0.2) is 49.2 Å². The lowest BCUT2D eigenvalue weighted by molar-refractivity contribution is -0.138. The van der Waals surface area contributed by atoms with Crippen molar-refractivity contribution in [2.24, 2.45) is 17.8 Å². The van der Waals surface area contributed by atoms with E-state index >= 15 is 0 Å². The number of rotatable bonds is 11. The quantitative estimate of drug-likeness (QED) is 0.142. The second-order valence-corrected chi connectivity index (χ2v) is 12.7. The molecule has 2 amide bonds. The first kappa shape index (κ1) is 32.9. The summed E-state index contributed by atoms with van der Waals surface area (Å²) in [6.07, 6.45) is 6.54. The van der Waals surface area contributed by atoms with Crippen LogP contribution in [0.2, 0.25) is 0 Å². The van der Waals surface area contributed by atoms with Crippen LogP contribution in [0, 0.1) is 31.6 Å². The maximum Gasteiger partial charge on any atom is 0.303 e. The van der Waals surface area contributed by atoms with E-state index in [1.54, 1.807) is 0 Å². The van der Waals surface area contributed by atoms with Crippen LogP contribution in [0.3, 0.4) is 0 Å². The number of hydrogen-bond acceptors (Lipinski definition) is 5. The molecule has 0 spiro atoms. The zero-order valence-corrected chi connectivity index (χ0v) is 26.9. The summed E-state index contributed by atoms with van der Waals surface area (Å²) >= 11 is 4.63. The Balaban J connectivity index is 1.79.